The van der Waals surface area contributed by atoms with Gasteiger partial charge in [0.05, 0.1) is 11.1 Å². The number of benzene rings is 1. The van der Waals surface area contributed by atoms with E-state index in [2.05, 4.69) is 12.8 Å². The Morgan fingerprint density at radius 1 is 1.08 bits per heavy atom. The Balaban J connectivity index is 0.000000845. The molecule has 0 N–H and O–H groups in total. The third-order valence-electron chi connectivity index (χ3n) is 1.77. The standard InChI is InChI=1S/C8H5NO2S.Na.H/c10-7-5-3-1-2-4-6(5)8(11)9(7)12;;/h1-4,12H;;/q;+1;-1. The molecule has 0 aromatic heterocycles. The van der Waals surface area contributed by atoms with Gasteiger partial charge in [0, 0.05) is 0 Å². The molecule has 2 amide bonds. The largest absolute Gasteiger partial charge is 1.00 e. The first kappa shape index (κ1) is 10.8. The van der Waals surface area contributed by atoms with Gasteiger partial charge in [0.15, 0.2) is 0 Å². The molecule has 1 aromatic rings. The Hall–Kier alpha value is -0.290. The minimum atomic E-state index is -0.348. The van der Waals surface area contributed by atoms with Crippen molar-refractivity contribution in [1.29, 1.82) is 0 Å². The molecular formula is C8H6NNaO2S. The summed E-state index contributed by atoms with van der Waals surface area (Å²) in [5.41, 5.74) is 0.856. The van der Waals surface area contributed by atoms with Gasteiger partial charge in [0.2, 0.25) is 0 Å². The van der Waals surface area contributed by atoms with Crippen LogP contribution in [-0.4, -0.2) is 16.1 Å². The van der Waals surface area contributed by atoms with Crippen LogP contribution in [0.3, 0.4) is 0 Å². The molecule has 0 radical (unpaired) electrons. The molecule has 13 heavy (non-hydrogen) atoms. The zero-order valence-corrected chi connectivity index (χ0v) is 9.91. The molecule has 0 saturated heterocycles. The summed E-state index contributed by atoms with van der Waals surface area (Å²) in [5, 5.41) is 0. The van der Waals surface area contributed by atoms with Crippen molar-refractivity contribution in [1.82, 2.24) is 4.31 Å². The van der Waals surface area contributed by atoms with Gasteiger partial charge in [-0.25, -0.2) is 4.31 Å². The Labute approximate surface area is 104 Å². The number of carbonyl (C=O) groups is 2. The van der Waals surface area contributed by atoms with Crippen molar-refractivity contribution in [2.75, 3.05) is 0 Å². The molecule has 0 fully saturated rings. The minimum absolute atomic E-state index is 0. The van der Waals surface area contributed by atoms with Crippen molar-refractivity contribution >= 4 is 24.6 Å². The van der Waals surface area contributed by atoms with E-state index in [1.54, 1.807) is 24.3 Å². The summed E-state index contributed by atoms with van der Waals surface area (Å²) >= 11 is 3.76. The van der Waals surface area contributed by atoms with Gasteiger partial charge in [-0.1, -0.05) is 24.9 Å². The molecule has 0 atom stereocenters. The number of thiol groups is 1. The van der Waals surface area contributed by atoms with E-state index in [0.29, 0.717) is 11.1 Å². The van der Waals surface area contributed by atoms with Crippen molar-refractivity contribution in [3.63, 3.8) is 0 Å². The van der Waals surface area contributed by atoms with Crippen LogP contribution in [0.4, 0.5) is 0 Å². The molecule has 5 heteroatoms. The molecule has 0 bridgehead atoms. The maximum Gasteiger partial charge on any atom is 1.00 e. The molecular weight excluding hydrogens is 197 g/mol. The van der Waals surface area contributed by atoms with Gasteiger partial charge < -0.3 is 1.43 Å². The fourth-order valence-electron chi connectivity index (χ4n) is 1.18. The maximum absolute atomic E-state index is 11.2. The van der Waals surface area contributed by atoms with Crippen LogP contribution in [0.1, 0.15) is 22.1 Å². The third-order valence-corrected chi connectivity index (χ3v) is 2.14. The average molecular weight is 203 g/mol. The SMILES string of the molecule is O=C1c2ccccc2C(=O)N1S.[H-].[Na+]. The fraction of sp³-hybridized carbons (Fsp3) is 0. The molecule has 1 aliphatic rings. The van der Waals surface area contributed by atoms with Crippen molar-refractivity contribution in [3.8, 4) is 0 Å². The molecule has 0 spiro atoms. The van der Waals surface area contributed by atoms with Crippen LogP contribution in [-0.2, 0) is 0 Å². The number of fused-ring (bicyclic) bond motifs is 1. The summed E-state index contributed by atoms with van der Waals surface area (Å²) in [5.74, 6) is -0.696. The summed E-state index contributed by atoms with van der Waals surface area (Å²) in [4.78, 5) is 22.5. The number of rotatable bonds is 0. The van der Waals surface area contributed by atoms with E-state index < -0.39 is 0 Å². The predicted molar refractivity (Wildman–Crippen MR) is 47.0 cm³/mol. The number of amides is 2. The molecule has 0 unspecified atom stereocenters. The van der Waals surface area contributed by atoms with E-state index in [9.17, 15) is 9.59 Å². The molecule has 1 aliphatic heterocycles. The first-order chi connectivity index (χ1) is 5.72. The molecule has 62 valence electrons. The zero-order valence-electron chi connectivity index (χ0n) is 8.02. The van der Waals surface area contributed by atoms with Gasteiger partial charge >= 0.3 is 29.6 Å². The van der Waals surface area contributed by atoms with Gasteiger partial charge in [-0.2, -0.15) is 0 Å². The second-order valence-corrected chi connectivity index (χ2v) is 2.87. The van der Waals surface area contributed by atoms with Gasteiger partial charge in [0.1, 0.15) is 0 Å². The second-order valence-electron chi connectivity index (χ2n) is 2.47. The monoisotopic (exact) mass is 203 g/mol. The van der Waals surface area contributed by atoms with E-state index >= 15 is 0 Å². The second kappa shape index (κ2) is 3.84. The fourth-order valence-corrected chi connectivity index (χ4v) is 1.39. The Kier molecular flexibility index (Phi) is 3.18. The van der Waals surface area contributed by atoms with E-state index in [4.69, 9.17) is 0 Å². The predicted octanol–water partition coefficient (Wildman–Crippen LogP) is -1.76. The first-order valence-corrected chi connectivity index (χ1v) is 3.78. The van der Waals surface area contributed by atoms with Crippen molar-refractivity contribution < 1.29 is 40.6 Å². The van der Waals surface area contributed by atoms with Crippen LogP contribution in [0.2, 0.25) is 0 Å². The smallest absolute Gasteiger partial charge is 1.00 e. The Bertz CT molecular complexity index is 350. The molecule has 0 saturated carbocycles. The quantitative estimate of drug-likeness (QED) is 0.308. The van der Waals surface area contributed by atoms with Crippen molar-refractivity contribution in [3.05, 3.63) is 35.4 Å². The van der Waals surface area contributed by atoms with Crippen LogP contribution >= 0.6 is 12.8 Å². The van der Waals surface area contributed by atoms with Crippen molar-refractivity contribution in [2.24, 2.45) is 0 Å². The van der Waals surface area contributed by atoms with E-state index in [-0.39, 0.29) is 42.8 Å². The van der Waals surface area contributed by atoms with Crippen molar-refractivity contribution in [2.45, 2.75) is 0 Å². The third kappa shape index (κ3) is 1.55. The van der Waals surface area contributed by atoms with Crippen LogP contribution in [0.5, 0.6) is 0 Å². The first-order valence-electron chi connectivity index (χ1n) is 3.38. The number of hydrogen-bond acceptors (Lipinski definition) is 3. The topological polar surface area (TPSA) is 37.4 Å². The summed E-state index contributed by atoms with van der Waals surface area (Å²) in [6, 6.07) is 6.67. The van der Waals surface area contributed by atoms with E-state index in [0.717, 1.165) is 4.31 Å². The van der Waals surface area contributed by atoms with E-state index in [1.165, 1.54) is 0 Å². The molecule has 1 heterocycles. The van der Waals surface area contributed by atoms with Gasteiger partial charge in [-0.05, 0) is 12.1 Å². The molecule has 3 nitrogen and oxygen atoms in total. The summed E-state index contributed by atoms with van der Waals surface area (Å²) in [7, 11) is 0. The minimum Gasteiger partial charge on any atom is -1.00 e. The number of imide groups is 1. The van der Waals surface area contributed by atoms with Crippen LogP contribution in [0, 0.1) is 0 Å². The maximum atomic E-state index is 11.2. The number of hydrogen-bond donors (Lipinski definition) is 1. The Morgan fingerprint density at radius 2 is 1.46 bits per heavy atom. The normalized spacial score (nSPS) is 14.1. The van der Waals surface area contributed by atoms with Crippen LogP contribution in [0.15, 0.2) is 24.3 Å². The van der Waals surface area contributed by atoms with Gasteiger partial charge in [-0.3, -0.25) is 9.59 Å². The summed E-state index contributed by atoms with van der Waals surface area (Å²) in [6.45, 7) is 0. The zero-order chi connectivity index (χ0) is 8.72. The number of carbonyl (C=O) groups excluding carboxylic acids is 2. The summed E-state index contributed by atoms with van der Waals surface area (Å²) < 4.78 is 0.824. The van der Waals surface area contributed by atoms with Gasteiger partial charge in [-0.15, -0.1) is 0 Å². The average Bonchev–Trinajstić information content (AvgIpc) is 2.33. The molecule has 0 aliphatic carbocycles. The molecule has 1 aromatic carbocycles. The summed E-state index contributed by atoms with van der Waals surface area (Å²) in [6.07, 6.45) is 0. The number of nitrogens with zero attached hydrogens (tertiary/aromatic N) is 1. The molecule has 2 rings (SSSR count). The van der Waals surface area contributed by atoms with Crippen LogP contribution < -0.4 is 29.6 Å². The van der Waals surface area contributed by atoms with Gasteiger partial charge in [0.25, 0.3) is 11.8 Å². The Morgan fingerprint density at radius 3 is 1.85 bits per heavy atom. The van der Waals surface area contributed by atoms with E-state index in [1.807, 2.05) is 0 Å². The van der Waals surface area contributed by atoms with Crippen LogP contribution in [0.25, 0.3) is 0 Å².